The zero-order valence-electron chi connectivity index (χ0n) is 12.5. The molecule has 1 amide bonds. The minimum Gasteiger partial charge on any atom is -0.494 e. The Kier molecular flexibility index (Phi) is 3.81. The third-order valence-electron chi connectivity index (χ3n) is 3.00. The van der Waals surface area contributed by atoms with E-state index in [1.165, 1.54) is 11.3 Å². The second-order valence-corrected chi connectivity index (χ2v) is 5.71. The van der Waals surface area contributed by atoms with Crippen molar-refractivity contribution in [2.75, 3.05) is 11.9 Å². The molecule has 3 rings (SSSR count). The number of anilines is 1. The summed E-state index contributed by atoms with van der Waals surface area (Å²) < 4.78 is 11.7. The maximum atomic E-state index is 12.2. The van der Waals surface area contributed by atoms with Crippen LogP contribution in [0.5, 0.6) is 5.75 Å². The van der Waals surface area contributed by atoms with Crippen molar-refractivity contribution in [2.45, 2.75) is 20.8 Å². The summed E-state index contributed by atoms with van der Waals surface area (Å²) in [6.45, 7) is 5.98. The molecule has 0 aliphatic heterocycles. The van der Waals surface area contributed by atoms with Gasteiger partial charge in [0.05, 0.1) is 22.5 Å². The van der Waals surface area contributed by atoms with Crippen LogP contribution in [-0.2, 0) is 0 Å². The normalized spacial score (nSPS) is 10.9. The molecule has 0 aliphatic carbocycles. The number of hydrogen-bond acceptors (Lipinski definition) is 6. The maximum Gasteiger partial charge on any atom is 0.295 e. The Morgan fingerprint density at radius 2 is 2.18 bits per heavy atom. The van der Waals surface area contributed by atoms with Gasteiger partial charge in [-0.15, -0.1) is 0 Å². The summed E-state index contributed by atoms with van der Waals surface area (Å²) >= 11 is 1.39. The molecule has 114 valence electrons. The average Bonchev–Trinajstić information content (AvgIpc) is 3.01. The summed E-state index contributed by atoms with van der Waals surface area (Å²) in [4.78, 5) is 20.7. The van der Waals surface area contributed by atoms with E-state index < -0.39 is 0 Å². The number of thiazole rings is 1. The molecule has 0 fully saturated rings. The number of oxazole rings is 1. The fraction of sp³-hybridized carbons (Fsp3) is 0.267. The van der Waals surface area contributed by atoms with Crippen LogP contribution >= 0.6 is 11.3 Å². The first-order valence-electron chi connectivity index (χ1n) is 6.85. The Balaban J connectivity index is 1.84. The van der Waals surface area contributed by atoms with Gasteiger partial charge in [0, 0.05) is 6.92 Å². The first-order chi connectivity index (χ1) is 10.6. The number of rotatable bonds is 4. The van der Waals surface area contributed by atoms with Crippen LogP contribution in [0.4, 0.5) is 5.13 Å². The summed E-state index contributed by atoms with van der Waals surface area (Å²) in [6, 6.07) is 5.65. The van der Waals surface area contributed by atoms with Crippen LogP contribution in [0.1, 0.15) is 29.1 Å². The van der Waals surface area contributed by atoms with E-state index >= 15 is 0 Å². The van der Waals surface area contributed by atoms with Crippen LogP contribution in [0.3, 0.4) is 0 Å². The SMILES string of the molecule is CCOc1ccc2nc(NC(=O)c3oc(C)nc3C)sc2c1. The molecular formula is C15H15N3O3S. The number of nitrogens with one attached hydrogen (secondary N) is 1. The van der Waals surface area contributed by atoms with Crippen molar-refractivity contribution >= 4 is 32.6 Å². The average molecular weight is 317 g/mol. The Morgan fingerprint density at radius 3 is 2.86 bits per heavy atom. The zero-order valence-corrected chi connectivity index (χ0v) is 13.3. The lowest BCUT2D eigenvalue weighted by Gasteiger charge is -2.00. The van der Waals surface area contributed by atoms with Gasteiger partial charge in [0.1, 0.15) is 5.75 Å². The highest BCUT2D eigenvalue weighted by Gasteiger charge is 2.17. The Labute approximate surface area is 131 Å². The van der Waals surface area contributed by atoms with Gasteiger partial charge in [0.15, 0.2) is 11.0 Å². The molecule has 0 aliphatic rings. The Bertz CT molecular complexity index is 838. The largest absolute Gasteiger partial charge is 0.494 e. The van der Waals surface area contributed by atoms with Crippen LogP contribution in [0.15, 0.2) is 22.6 Å². The minimum absolute atomic E-state index is 0.215. The third-order valence-corrected chi connectivity index (χ3v) is 3.93. The molecule has 7 heteroatoms. The zero-order chi connectivity index (χ0) is 15.7. The number of benzene rings is 1. The lowest BCUT2D eigenvalue weighted by atomic mass is 10.3. The van der Waals surface area contributed by atoms with Gasteiger partial charge < -0.3 is 9.15 Å². The molecule has 3 aromatic rings. The fourth-order valence-electron chi connectivity index (χ4n) is 2.11. The van der Waals surface area contributed by atoms with Gasteiger partial charge in [-0.25, -0.2) is 9.97 Å². The van der Waals surface area contributed by atoms with Crippen LogP contribution in [-0.4, -0.2) is 22.5 Å². The van der Waals surface area contributed by atoms with Crippen molar-refractivity contribution in [3.8, 4) is 5.75 Å². The first kappa shape index (κ1) is 14.5. The lowest BCUT2D eigenvalue weighted by Crippen LogP contribution is -2.11. The molecule has 0 radical (unpaired) electrons. The number of aryl methyl sites for hydroxylation is 2. The summed E-state index contributed by atoms with van der Waals surface area (Å²) in [5.41, 5.74) is 1.38. The lowest BCUT2D eigenvalue weighted by molar-refractivity contribution is 0.0994. The standard InChI is InChI=1S/C15H15N3O3S/c1-4-20-10-5-6-11-12(7-10)22-15(17-11)18-14(19)13-8(2)16-9(3)21-13/h5-7H,4H2,1-3H3,(H,17,18,19). The van der Waals surface area contributed by atoms with Gasteiger partial charge in [-0.2, -0.15) is 0 Å². The molecule has 22 heavy (non-hydrogen) atoms. The number of fused-ring (bicyclic) bond motifs is 1. The van der Waals surface area contributed by atoms with E-state index in [0.29, 0.717) is 23.3 Å². The molecule has 0 bridgehead atoms. The molecule has 0 saturated heterocycles. The number of carbonyl (C=O) groups is 1. The van der Waals surface area contributed by atoms with E-state index in [9.17, 15) is 4.79 Å². The molecule has 0 saturated carbocycles. The smallest absolute Gasteiger partial charge is 0.295 e. The second-order valence-electron chi connectivity index (χ2n) is 4.68. The van der Waals surface area contributed by atoms with Crippen LogP contribution in [0, 0.1) is 13.8 Å². The molecule has 1 aromatic carbocycles. The highest BCUT2D eigenvalue weighted by Crippen LogP contribution is 2.29. The molecular weight excluding hydrogens is 302 g/mol. The van der Waals surface area contributed by atoms with E-state index in [1.54, 1.807) is 13.8 Å². The number of hydrogen-bond donors (Lipinski definition) is 1. The van der Waals surface area contributed by atoms with E-state index in [4.69, 9.17) is 9.15 Å². The fourth-order valence-corrected chi connectivity index (χ4v) is 3.00. The van der Waals surface area contributed by atoms with Crippen LogP contribution in [0.2, 0.25) is 0 Å². The molecule has 0 unspecified atom stereocenters. The van der Waals surface area contributed by atoms with Crippen molar-refractivity contribution in [2.24, 2.45) is 0 Å². The van der Waals surface area contributed by atoms with Crippen molar-refractivity contribution in [3.63, 3.8) is 0 Å². The van der Waals surface area contributed by atoms with Crippen molar-refractivity contribution in [1.82, 2.24) is 9.97 Å². The van der Waals surface area contributed by atoms with Gasteiger partial charge in [0.25, 0.3) is 5.91 Å². The number of ether oxygens (including phenoxy) is 1. The number of carbonyl (C=O) groups excluding carboxylic acids is 1. The van der Waals surface area contributed by atoms with Crippen LogP contribution < -0.4 is 10.1 Å². The second kappa shape index (κ2) is 5.76. The monoisotopic (exact) mass is 317 g/mol. The van der Waals surface area contributed by atoms with E-state index in [2.05, 4.69) is 15.3 Å². The van der Waals surface area contributed by atoms with E-state index in [-0.39, 0.29) is 11.7 Å². The highest BCUT2D eigenvalue weighted by molar-refractivity contribution is 7.22. The van der Waals surface area contributed by atoms with Gasteiger partial charge in [-0.05, 0) is 32.0 Å². The molecule has 2 heterocycles. The molecule has 0 spiro atoms. The van der Waals surface area contributed by atoms with Gasteiger partial charge in [0.2, 0.25) is 5.76 Å². The maximum absolute atomic E-state index is 12.2. The summed E-state index contributed by atoms with van der Waals surface area (Å²) in [5.74, 6) is 1.13. The van der Waals surface area contributed by atoms with Gasteiger partial charge in [-0.1, -0.05) is 11.3 Å². The third kappa shape index (κ3) is 2.80. The van der Waals surface area contributed by atoms with E-state index in [1.807, 2.05) is 25.1 Å². The predicted molar refractivity (Wildman–Crippen MR) is 84.7 cm³/mol. The first-order valence-corrected chi connectivity index (χ1v) is 7.67. The quantitative estimate of drug-likeness (QED) is 0.796. The molecule has 6 nitrogen and oxygen atoms in total. The van der Waals surface area contributed by atoms with Crippen molar-refractivity contribution in [1.29, 1.82) is 0 Å². The molecule has 0 atom stereocenters. The van der Waals surface area contributed by atoms with Crippen LogP contribution in [0.25, 0.3) is 10.2 Å². The van der Waals surface area contributed by atoms with Gasteiger partial charge >= 0.3 is 0 Å². The summed E-state index contributed by atoms with van der Waals surface area (Å²) in [5, 5.41) is 3.26. The van der Waals surface area contributed by atoms with E-state index in [0.717, 1.165) is 16.0 Å². The summed E-state index contributed by atoms with van der Waals surface area (Å²) in [6.07, 6.45) is 0. The predicted octanol–water partition coefficient (Wildman–Crippen LogP) is 3.55. The van der Waals surface area contributed by atoms with Gasteiger partial charge in [-0.3, -0.25) is 10.1 Å². The Morgan fingerprint density at radius 1 is 1.36 bits per heavy atom. The molecule has 1 N–H and O–H groups in total. The number of amides is 1. The number of aromatic nitrogens is 2. The highest BCUT2D eigenvalue weighted by atomic mass is 32.1. The Hall–Kier alpha value is -2.41. The topological polar surface area (TPSA) is 77.2 Å². The minimum atomic E-state index is -0.345. The van der Waals surface area contributed by atoms with Crippen molar-refractivity contribution < 1.29 is 13.9 Å². The number of nitrogens with zero attached hydrogens (tertiary/aromatic N) is 2. The van der Waals surface area contributed by atoms with Crippen molar-refractivity contribution in [3.05, 3.63) is 35.5 Å². The molecule has 2 aromatic heterocycles. The summed E-state index contributed by atoms with van der Waals surface area (Å²) in [7, 11) is 0.